The van der Waals surface area contributed by atoms with Crippen molar-refractivity contribution >= 4 is 17.8 Å². The molecule has 1 saturated heterocycles. The maximum absolute atomic E-state index is 12.4. The minimum absolute atomic E-state index is 0.0214. The Hall–Kier alpha value is -2.31. The van der Waals surface area contributed by atoms with Crippen LogP contribution in [0.5, 0.6) is 0 Å². The van der Waals surface area contributed by atoms with Crippen molar-refractivity contribution in [3.05, 3.63) is 23.2 Å². The van der Waals surface area contributed by atoms with Gasteiger partial charge < -0.3 is 19.7 Å². The van der Waals surface area contributed by atoms with Crippen LogP contribution in [-0.4, -0.2) is 40.4 Å². The third-order valence-corrected chi connectivity index (χ3v) is 4.06. The number of carbonyl (C=O) groups is 3. The van der Waals surface area contributed by atoms with E-state index in [1.54, 1.807) is 18.7 Å². The monoisotopic (exact) mass is 322 g/mol. The molecule has 1 unspecified atom stereocenters. The first-order chi connectivity index (χ1) is 10.9. The summed E-state index contributed by atoms with van der Waals surface area (Å²) >= 11 is 0. The van der Waals surface area contributed by atoms with Gasteiger partial charge in [0.1, 0.15) is 23.1 Å². The lowest BCUT2D eigenvalue weighted by atomic mass is 10.0. The number of rotatable bonds is 5. The average Bonchev–Trinajstić information content (AvgIpc) is 2.93. The van der Waals surface area contributed by atoms with Gasteiger partial charge in [0.25, 0.3) is 0 Å². The first kappa shape index (κ1) is 17.1. The number of likely N-dealkylation sites (tertiary alicyclic amines) is 1. The Morgan fingerprint density at radius 1 is 1.39 bits per heavy atom. The molecule has 1 fully saturated rings. The molecule has 0 spiro atoms. The number of hydrogen-bond donors (Lipinski definition) is 2. The minimum atomic E-state index is -1.06. The zero-order valence-electron chi connectivity index (χ0n) is 13.4. The van der Waals surface area contributed by atoms with Crippen LogP contribution in [-0.2, 0) is 16.1 Å². The summed E-state index contributed by atoms with van der Waals surface area (Å²) in [5, 5.41) is 11.7. The lowest BCUT2D eigenvalue weighted by molar-refractivity contribution is -0.142. The Balaban J connectivity index is 1.99. The third-order valence-electron chi connectivity index (χ3n) is 4.06. The van der Waals surface area contributed by atoms with E-state index in [9.17, 15) is 14.4 Å². The maximum atomic E-state index is 12.4. The molecule has 7 nitrogen and oxygen atoms in total. The van der Waals surface area contributed by atoms with E-state index >= 15 is 0 Å². The van der Waals surface area contributed by atoms with Gasteiger partial charge in [0, 0.05) is 13.0 Å². The molecule has 1 aliphatic heterocycles. The van der Waals surface area contributed by atoms with Gasteiger partial charge in [-0.25, -0.2) is 4.79 Å². The largest absolute Gasteiger partial charge is 0.478 e. The Bertz CT molecular complexity index is 608. The number of amides is 2. The van der Waals surface area contributed by atoms with Gasteiger partial charge >= 0.3 is 5.97 Å². The fraction of sp³-hybridized carbons (Fsp3) is 0.562. The summed E-state index contributed by atoms with van der Waals surface area (Å²) in [6.45, 7) is 4.06. The smallest absolute Gasteiger partial charge is 0.339 e. The Kier molecular flexibility index (Phi) is 5.41. The highest BCUT2D eigenvalue weighted by Gasteiger charge is 2.31. The number of carboxylic acids is 1. The van der Waals surface area contributed by atoms with Crippen LogP contribution in [0.3, 0.4) is 0 Å². The Labute approximate surface area is 134 Å². The SMILES string of the molecule is CCC(=O)N1CCCCC1C(=O)NCc1cc(C(=O)O)c(C)o1. The highest BCUT2D eigenvalue weighted by Crippen LogP contribution is 2.19. The van der Waals surface area contributed by atoms with Gasteiger partial charge in [-0.1, -0.05) is 6.92 Å². The number of aryl methyl sites for hydroxylation is 1. The van der Waals surface area contributed by atoms with E-state index in [2.05, 4.69) is 5.32 Å². The summed E-state index contributed by atoms with van der Waals surface area (Å²) in [7, 11) is 0. The molecule has 2 N–H and O–H groups in total. The third kappa shape index (κ3) is 3.91. The van der Waals surface area contributed by atoms with Crippen LogP contribution in [0.25, 0.3) is 0 Å². The van der Waals surface area contributed by atoms with Crippen LogP contribution in [0.2, 0.25) is 0 Å². The molecule has 0 saturated carbocycles. The molecule has 0 aliphatic carbocycles. The van der Waals surface area contributed by atoms with Gasteiger partial charge in [0.2, 0.25) is 11.8 Å². The van der Waals surface area contributed by atoms with Crippen LogP contribution in [0.1, 0.15) is 54.5 Å². The average molecular weight is 322 g/mol. The van der Waals surface area contributed by atoms with Gasteiger partial charge in [-0.3, -0.25) is 9.59 Å². The molecule has 1 aromatic heterocycles. The van der Waals surface area contributed by atoms with Gasteiger partial charge in [0.05, 0.1) is 6.54 Å². The van der Waals surface area contributed by atoms with E-state index in [0.29, 0.717) is 30.9 Å². The van der Waals surface area contributed by atoms with Crippen LogP contribution in [0.4, 0.5) is 0 Å². The molecular weight excluding hydrogens is 300 g/mol. The maximum Gasteiger partial charge on any atom is 0.339 e. The van der Waals surface area contributed by atoms with Crippen molar-refractivity contribution < 1.29 is 23.9 Å². The number of hydrogen-bond acceptors (Lipinski definition) is 4. The summed E-state index contributed by atoms with van der Waals surface area (Å²) in [5.41, 5.74) is 0.0923. The Morgan fingerprint density at radius 3 is 2.74 bits per heavy atom. The molecule has 0 bridgehead atoms. The lowest BCUT2D eigenvalue weighted by Crippen LogP contribution is -2.51. The summed E-state index contributed by atoms with van der Waals surface area (Å²) in [6.07, 6.45) is 2.85. The highest BCUT2D eigenvalue weighted by molar-refractivity contribution is 5.89. The molecule has 126 valence electrons. The number of aromatic carboxylic acids is 1. The minimum Gasteiger partial charge on any atom is -0.478 e. The second-order valence-corrected chi connectivity index (χ2v) is 5.66. The number of furan rings is 1. The van der Waals surface area contributed by atoms with E-state index in [-0.39, 0.29) is 23.9 Å². The van der Waals surface area contributed by atoms with E-state index in [0.717, 1.165) is 12.8 Å². The first-order valence-corrected chi connectivity index (χ1v) is 7.83. The molecule has 23 heavy (non-hydrogen) atoms. The van der Waals surface area contributed by atoms with E-state index in [4.69, 9.17) is 9.52 Å². The standard InChI is InChI=1S/C16H22N2O5/c1-3-14(19)18-7-5-4-6-13(18)15(20)17-9-11-8-12(16(21)22)10(2)23-11/h8,13H,3-7,9H2,1-2H3,(H,17,20)(H,21,22). The molecule has 2 heterocycles. The number of nitrogens with zero attached hydrogens (tertiary/aromatic N) is 1. The molecule has 0 radical (unpaired) electrons. The van der Waals surface area contributed by atoms with Crippen LogP contribution < -0.4 is 5.32 Å². The van der Waals surface area contributed by atoms with Gasteiger partial charge in [-0.15, -0.1) is 0 Å². The molecule has 1 atom stereocenters. The second-order valence-electron chi connectivity index (χ2n) is 5.66. The van der Waals surface area contributed by atoms with Gasteiger partial charge in [-0.05, 0) is 32.3 Å². The number of carboxylic acid groups (broad SMARTS) is 1. The molecule has 1 aliphatic rings. The zero-order valence-corrected chi connectivity index (χ0v) is 13.4. The van der Waals surface area contributed by atoms with Crippen LogP contribution >= 0.6 is 0 Å². The van der Waals surface area contributed by atoms with Crippen LogP contribution in [0.15, 0.2) is 10.5 Å². The molecule has 7 heteroatoms. The highest BCUT2D eigenvalue weighted by atomic mass is 16.4. The van der Waals surface area contributed by atoms with E-state index in [1.165, 1.54) is 6.07 Å². The molecule has 0 aromatic carbocycles. The molecular formula is C16H22N2O5. The normalized spacial score (nSPS) is 17.8. The van der Waals surface area contributed by atoms with Crippen molar-refractivity contribution in [2.45, 2.75) is 52.1 Å². The zero-order chi connectivity index (χ0) is 17.0. The van der Waals surface area contributed by atoms with Crippen molar-refractivity contribution in [1.82, 2.24) is 10.2 Å². The van der Waals surface area contributed by atoms with Gasteiger partial charge in [-0.2, -0.15) is 0 Å². The first-order valence-electron chi connectivity index (χ1n) is 7.83. The number of nitrogens with one attached hydrogen (secondary N) is 1. The summed E-state index contributed by atoms with van der Waals surface area (Å²) in [6, 6.07) is 0.958. The predicted molar refractivity (Wildman–Crippen MR) is 81.9 cm³/mol. The van der Waals surface area contributed by atoms with E-state index < -0.39 is 12.0 Å². The number of carbonyl (C=O) groups excluding carboxylic acids is 2. The van der Waals surface area contributed by atoms with Crippen LogP contribution in [0, 0.1) is 6.92 Å². The molecule has 2 amide bonds. The Morgan fingerprint density at radius 2 is 2.13 bits per heavy atom. The fourth-order valence-electron chi connectivity index (χ4n) is 2.84. The topological polar surface area (TPSA) is 99.9 Å². The lowest BCUT2D eigenvalue weighted by Gasteiger charge is -2.34. The predicted octanol–water partition coefficient (Wildman–Crippen LogP) is 1.69. The molecule has 1 aromatic rings. The van der Waals surface area contributed by atoms with Crippen molar-refractivity contribution in [2.75, 3.05) is 6.54 Å². The summed E-state index contributed by atoms with van der Waals surface area (Å²) in [5.74, 6) is -0.611. The molecule has 2 rings (SSSR count). The van der Waals surface area contributed by atoms with Crippen molar-refractivity contribution in [3.63, 3.8) is 0 Å². The van der Waals surface area contributed by atoms with Gasteiger partial charge in [0.15, 0.2) is 0 Å². The quantitative estimate of drug-likeness (QED) is 0.859. The van der Waals surface area contributed by atoms with Crippen molar-refractivity contribution in [3.8, 4) is 0 Å². The fourth-order valence-corrected chi connectivity index (χ4v) is 2.84. The second kappa shape index (κ2) is 7.30. The summed E-state index contributed by atoms with van der Waals surface area (Å²) < 4.78 is 5.33. The number of piperidine rings is 1. The summed E-state index contributed by atoms with van der Waals surface area (Å²) in [4.78, 5) is 36.9. The van der Waals surface area contributed by atoms with E-state index in [1.807, 2.05) is 0 Å². The van der Waals surface area contributed by atoms with Crippen molar-refractivity contribution in [1.29, 1.82) is 0 Å². The van der Waals surface area contributed by atoms with Crippen molar-refractivity contribution in [2.24, 2.45) is 0 Å².